The van der Waals surface area contributed by atoms with Crippen LogP contribution in [0.25, 0.3) is 0 Å². The molecule has 2 N–H and O–H groups in total. The summed E-state index contributed by atoms with van der Waals surface area (Å²) in [6.45, 7) is 2.74. The van der Waals surface area contributed by atoms with Crippen LogP contribution < -0.4 is 5.73 Å². The summed E-state index contributed by atoms with van der Waals surface area (Å²) in [7, 11) is -1.34. The van der Waals surface area contributed by atoms with Gasteiger partial charge >= 0.3 is 0 Å². The van der Waals surface area contributed by atoms with Gasteiger partial charge in [-0.2, -0.15) is 0 Å². The van der Waals surface area contributed by atoms with Gasteiger partial charge in [-0.05, 0) is 18.9 Å². The first-order valence-electron chi connectivity index (χ1n) is 6.77. The molecule has 0 saturated carbocycles. The molecule has 1 aromatic heterocycles. The van der Waals surface area contributed by atoms with E-state index in [0.717, 1.165) is 13.0 Å². The number of nitrogen functional groups attached to an aromatic ring is 1. The van der Waals surface area contributed by atoms with Crippen LogP contribution in [-0.2, 0) is 16.4 Å². The monoisotopic (exact) mass is 299 g/mol. The summed E-state index contributed by atoms with van der Waals surface area (Å²) < 4.78 is 24.9. The van der Waals surface area contributed by atoms with E-state index in [2.05, 4.69) is 0 Å². The highest BCUT2D eigenvalue weighted by molar-refractivity contribution is 7.91. The lowest BCUT2D eigenvalue weighted by Gasteiger charge is -2.24. The van der Waals surface area contributed by atoms with Gasteiger partial charge in [0.2, 0.25) is 0 Å². The van der Waals surface area contributed by atoms with Gasteiger partial charge in [0.1, 0.15) is 5.69 Å². The fraction of sp³-hybridized carbons (Fsp3) is 0.615. The highest BCUT2D eigenvalue weighted by Gasteiger charge is 2.33. The van der Waals surface area contributed by atoms with E-state index >= 15 is 0 Å². The Bertz CT molecular complexity index is 606. The van der Waals surface area contributed by atoms with Crippen molar-refractivity contribution in [3.8, 4) is 0 Å². The highest BCUT2D eigenvalue weighted by Crippen LogP contribution is 2.20. The molecule has 0 aromatic carbocycles. The molecule has 0 radical (unpaired) electrons. The van der Waals surface area contributed by atoms with Gasteiger partial charge in [0.05, 0.1) is 17.2 Å². The van der Waals surface area contributed by atoms with Crippen LogP contribution in [0, 0.1) is 0 Å². The lowest BCUT2D eigenvalue weighted by molar-refractivity contribution is 0.0736. The average Bonchev–Trinajstić information content (AvgIpc) is 2.91. The summed E-state index contributed by atoms with van der Waals surface area (Å²) in [5.41, 5.74) is 6.83. The molecule has 0 spiro atoms. The summed E-state index contributed by atoms with van der Waals surface area (Å²) in [4.78, 5) is 14.0. The van der Waals surface area contributed by atoms with Crippen molar-refractivity contribution < 1.29 is 13.2 Å². The second-order valence-corrected chi connectivity index (χ2v) is 7.55. The van der Waals surface area contributed by atoms with Gasteiger partial charge in [-0.3, -0.25) is 4.79 Å². The van der Waals surface area contributed by atoms with Crippen LogP contribution in [0.4, 0.5) is 5.69 Å². The predicted molar refractivity (Wildman–Crippen MR) is 78.3 cm³/mol. The van der Waals surface area contributed by atoms with Crippen LogP contribution in [0.15, 0.2) is 12.3 Å². The molecule has 1 atom stereocenters. The minimum Gasteiger partial charge on any atom is -0.397 e. The Kier molecular flexibility index (Phi) is 4.08. The smallest absolute Gasteiger partial charge is 0.270 e. The molecule has 1 amide bonds. The standard InChI is InChI=1S/C13H21N3O3S/c1-3-5-16-8-10(14)7-12(16)13(17)15(2)11-4-6-20(18,19)9-11/h7-8,11H,3-6,9,14H2,1-2H3. The average molecular weight is 299 g/mol. The van der Waals surface area contributed by atoms with E-state index in [9.17, 15) is 13.2 Å². The number of carbonyl (C=O) groups excluding carboxylic acids is 1. The van der Waals surface area contributed by atoms with Crippen molar-refractivity contribution in [2.75, 3.05) is 24.3 Å². The number of aryl methyl sites for hydroxylation is 1. The number of amides is 1. The maximum absolute atomic E-state index is 12.5. The van der Waals surface area contributed by atoms with Gasteiger partial charge in [-0.15, -0.1) is 0 Å². The second kappa shape index (κ2) is 5.47. The third-order valence-electron chi connectivity index (χ3n) is 3.68. The maximum Gasteiger partial charge on any atom is 0.270 e. The number of anilines is 1. The summed E-state index contributed by atoms with van der Waals surface area (Å²) in [5, 5.41) is 0. The molecule has 1 aliphatic rings. The van der Waals surface area contributed by atoms with Gasteiger partial charge in [-0.25, -0.2) is 8.42 Å². The molecule has 0 bridgehead atoms. The topological polar surface area (TPSA) is 85.4 Å². The normalized spacial score (nSPS) is 21.0. The van der Waals surface area contributed by atoms with E-state index in [0.29, 0.717) is 17.8 Å². The van der Waals surface area contributed by atoms with Crippen LogP contribution >= 0.6 is 0 Å². The number of carbonyl (C=O) groups is 1. The zero-order valence-electron chi connectivity index (χ0n) is 11.9. The van der Waals surface area contributed by atoms with Crippen LogP contribution in [0.5, 0.6) is 0 Å². The van der Waals surface area contributed by atoms with Crippen LogP contribution in [0.1, 0.15) is 30.3 Å². The van der Waals surface area contributed by atoms with Crippen molar-refractivity contribution in [1.82, 2.24) is 9.47 Å². The molecule has 0 aliphatic carbocycles. The van der Waals surface area contributed by atoms with Crippen LogP contribution in [0.2, 0.25) is 0 Å². The Morgan fingerprint density at radius 3 is 2.80 bits per heavy atom. The molecule has 7 heteroatoms. The molecule has 20 heavy (non-hydrogen) atoms. The van der Waals surface area contributed by atoms with Crippen LogP contribution in [-0.4, -0.2) is 48.4 Å². The summed E-state index contributed by atoms with van der Waals surface area (Å²) in [6, 6.07) is 1.41. The minimum absolute atomic E-state index is 0.0548. The van der Waals surface area contributed by atoms with E-state index in [-0.39, 0.29) is 23.5 Å². The third-order valence-corrected chi connectivity index (χ3v) is 5.43. The lowest BCUT2D eigenvalue weighted by Crippen LogP contribution is -2.38. The van der Waals surface area contributed by atoms with Gasteiger partial charge in [0, 0.05) is 25.8 Å². The minimum atomic E-state index is -3.00. The number of sulfone groups is 1. The van der Waals surface area contributed by atoms with Gasteiger partial charge in [0.25, 0.3) is 5.91 Å². The molecule has 1 saturated heterocycles. The first-order chi connectivity index (χ1) is 9.34. The van der Waals surface area contributed by atoms with E-state index < -0.39 is 9.84 Å². The van der Waals surface area contributed by atoms with Crippen molar-refractivity contribution in [3.05, 3.63) is 18.0 Å². The SMILES string of the molecule is CCCn1cc(N)cc1C(=O)N(C)C1CCS(=O)(=O)C1. The lowest BCUT2D eigenvalue weighted by atomic mass is 10.2. The van der Waals surface area contributed by atoms with Crippen molar-refractivity contribution in [1.29, 1.82) is 0 Å². The molecule has 112 valence electrons. The molecule has 2 rings (SSSR count). The van der Waals surface area contributed by atoms with Gasteiger partial charge in [-0.1, -0.05) is 6.92 Å². The van der Waals surface area contributed by atoms with Gasteiger partial charge < -0.3 is 15.2 Å². The van der Waals surface area contributed by atoms with Crippen molar-refractivity contribution >= 4 is 21.4 Å². The van der Waals surface area contributed by atoms with E-state index in [1.807, 2.05) is 11.5 Å². The molecular formula is C13H21N3O3S. The number of rotatable bonds is 4. The summed E-state index contributed by atoms with van der Waals surface area (Å²) in [5.74, 6) is 0.0457. The second-order valence-electron chi connectivity index (χ2n) is 5.32. The fourth-order valence-electron chi connectivity index (χ4n) is 2.57. The maximum atomic E-state index is 12.5. The molecular weight excluding hydrogens is 278 g/mol. The van der Waals surface area contributed by atoms with Gasteiger partial charge in [0.15, 0.2) is 9.84 Å². The Hall–Kier alpha value is -1.50. The molecule has 1 aromatic rings. The number of hydrogen-bond acceptors (Lipinski definition) is 4. The Morgan fingerprint density at radius 1 is 1.55 bits per heavy atom. The van der Waals surface area contributed by atoms with Crippen molar-refractivity contribution in [3.63, 3.8) is 0 Å². The Balaban J connectivity index is 2.19. The first kappa shape index (κ1) is 14.9. The molecule has 1 aliphatic heterocycles. The number of nitrogens with two attached hydrogens (primary N) is 1. The molecule has 2 heterocycles. The van der Waals surface area contributed by atoms with Crippen molar-refractivity contribution in [2.45, 2.75) is 32.4 Å². The molecule has 1 fully saturated rings. The van der Waals surface area contributed by atoms with E-state index in [1.54, 1.807) is 19.3 Å². The Morgan fingerprint density at radius 2 is 2.25 bits per heavy atom. The number of aromatic nitrogens is 1. The largest absolute Gasteiger partial charge is 0.397 e. The fourth-order valence-corrected chi connectivity index (χ4v) is 4.34. The number of nitrogens with zero attached hydrogens (tertiary/aromatic N) is 2. The molecule has 1 unspecified atom stereocenters. The predicted octanol–water partition coefficient (Wildman–Crippen LogP) is 0.739. The summed E-state index contributed by atoms with van der Waals surface area (Å²) >= 11 is 0. The van der Waals surface area contributed by atoms with Crippen molar-refractivity contribution in [2.24, 2.45) is 0 Å². The summed E-state index contributed by atoms with van der Waals surface area (Å²) in [6.07, 6.45) is 3.15. The Labute approximate surface area is 119 Å². The number of hydrogen-bond donors (Lipinski definition) is 1. The van der Waals surface area contributed by atoms with E-state index in [4.69, 9.17) is 5.73 Å². The zero-order chi connectivity index (χ0) is 14.9. The third kappa shape index (κ3) is 2.98. The molecule has 6 nitrogen and oxygen atoms in total. The van der Waals surface area contributed by atoms with E-state index in [1.165, 1.54) is 4.90 Å². The first-order valence-corrected chi connectivity index (χ1v) is 8.59. The quantitative estimate of drug-likeness (QED) is 0.888. The van der Waals surface area contributed by atoms with Crippen LogP contribution in [0.3, 0.4) is 0 Å². The highest BCUT2D eigenvalue weighted by atomic mass is 32.2. The zero-order valence-corrected chi connectivity index (χ0v) is 12.7.